The monoisotopic (exact) mass is 771 g/mol. The van der Waals surface area contributed by atoms with Gasteiger partial charge in [-0.1, -0.05) is 152 Å². The largest absolute Gasteiger partial charge is 0.472 e. The number of esters is 2. The molecule has 2 unspecified atom stereocenters. The lowest BCUT2D eigenvalue weighted by Crippen LogP contribution is -2.29. The Morgan fingerprint density at radius 2 is 1.00 bits per heavy atom. The van der Waals surface area contributed by atoms with E-state index in [4.69, 9.17) is 19.1 Å². The predicted molar refractivity (Wildman–Crippen MR) is 214 cm³/mol. The van der Waals surface area contributed by atoms with Gasteiger partial charge in [-0.3, -0.25) is 18.6 Å². The Labute approximate surface area is 322 Å². The molecule has 0 saturated heterocycles. The zero-order valence-electron chi connectivity index (χ0n) is 33.2. The van der Waals surface area contributed by atoms with Crippen molar-refractivity contribution in [3.63, 3.8) is 0 Å². The van der Waals surface area contributed by atoms with E-state index < -0.39 is 51.8 Å². The second-order valence-electron chi connectivity index (χ2n) is 13.7. The molecule has 0 rings (SSSR count). The van der Waals surface area contributed by atoms with Gasteiger partial charge in [-0.25, -0.2) is 4.57 Å². The first-order valence-electron chi connectivity index (χ1n) is 20.6. The fraction of sp³-hybridized carbons (Fsp3) is 0.762. The molecule has 0 aromatic carbocycles. The van der Waals surface area contributed by atoms with E-state index in [2.05, 4.69) is 54.8 Å². The second kappa shape index (κ2) is 38.2. The first-order chi connectivity index (χ1) is 25.7. The number of aliphatic hydroxyl groups excluding tert-OH is 2. The molecule has 0 aliphatic carbocycles. The summed E-state index contributed by atoms with van der Waals surface area (Å²) in [5, 5.41) is 18.3. The normalized spacial score (nSPS) is 14.4. The van der Waals surface area contributed by atoms with E-state index in [1.54, 1.807) is 0 Å². The summed E-state index contributed by atoms with van der Waals surface area (Å²) in [6, 6.07) is 0. The second-order valence-corrected chi connectivity index (χ2v) is 15.1. The Bertz CT molecular complexity index is 1030. The maximum Gasteiger partial charge on any atom is 0.472 e. The van der Waals surface area contributed by atoms with Crippen LogP contribution < -0.4 is 0 Å². The highest BCUT2D eigenvalue weighted by atomic mass is 31.2. The number of phosphoric acid groups is 1. The van der Waals surface area contributed by atoms with Crippen LogP contribution >= 0.6 is 7.82 Å². The molecule has 0 amide bonds. The zero-order chi connectivity index (χ0) is 39.1. The number of unbranched alkanes of at least 4 members (excludes halogenated alkanes) is 16. The van der Waals surface area contributed by atoms with Crippen LogP contribution in [0, 0.1) is 0 Å². The van der Waals surface area contributed by atoms with Gasteiger partial charge in [0.1, 0.15) is 12.7 Å². The molecule has 53 heavy (non-hydrogen) atoms. The summed E-state index contributed by atoms with van der Waals surface area (Å²) in [5.74, 6) is -0.990. The van der Waals surface area contributed by atoms with Crippen LogP contribution in [-0.2, 0) is 32.7 Å². The van der Waals surface area contributed by atoms with Crippen LogP contribution in [0.5, 0.6) is 0 Å². The molecule has 0 heterocycles. The molecule has 3 atom stereocenters. The SMILES string of the molecule is CCCCC/C=C\C/C=C\C/C=C\C/C=C\CCCC(=O)O[C@H](COC(=O)CCCCCCCCCCCCCCC)COP(=O)(O)OCC(O)CO. The van der Waals surface area contributed by atoms with Gasteiger partial charge in [0.2, 0.25) is 0 Å². The topological polar surface area (TPSA) is 149 Å². The molecule has 10 nitrogen and oxygen atoms in total. The Morgan fingerprint density at radius 1 is 0.566 bits per heavy atom. The third kappa shape index (κ3) is 38.0. The summed E-state index contributed by atoms with van der Waals surface area (Å²) in [6.07, 6.45) is 39.4. The molecule has 0 aliphatic heterocycles. The van der Waals surface area contributed by atoms with Crippen LogP contribution in [0.4, 0.5) is 0 Å². The number of ether oxygens (including phenoxy) is 2. The smallest absolute Gasteiger partial charge is 0.462 e. The van der Waals surface area contributed by atoms with E-state index in [1.165, 1.54) is 77.0 Å². The lowest BCUT2D eigenvalue weighted by molar-refractivity contribution is -0.161. The highest BCUT2D eigenvalue weighted by molar-refractivity contribution is 7.47. The molecular weight excluding hydrogens is 695 g/mol. The van der Waals surface area contributed by atoms with Crippen LogP contribution in [0.1, 0.15) is 168 Å². The Kier molecular flexibility index (Phi) is 36.7. The molecule has 0 saturated carbocycles. The van der Waals surface area contributed by atoms with Gasteiger partial charge in [-0.15, -0.1) is 0 Å². The van der Waals surface area contributed by atoms with Crippen molar-refractivity contribution in [2.24, 2.45) is 0 Å². The van der Waals surface area contributed by atoms with Crippen molar-refractivity contribution >= 4 is 19.8 Å². The van der Waals surface area contributed by atoms with Crippen LogP contribution in [0.2, 0.25) is 0 Å². The maximum absolute atomic E-state index is 12.6. The fourth-order valence-electron chi connectivity index (χ4n) is 5.28. The van der Waals surface area contributed by atoms with E-state index in [-0.39, 0.29) is 19.4 Å². The van der Waals surface area contributed by atoms with E-state index >= 15 is 0 Å². The van der Waals surface area contributed by atoms with Crippen molar-refractivity contribution in [2.75, 3.05) is 26.4 Å². The summed E-state index contributed by atoms with van der Waals surface area (Å²) in [6.45, 7) is 2.28. The third-order valence-electron chi connectivity index (χ3n) is 8.49. The minimum Gasteiger partial charge on any atom is -0.462 e. The molecule has 0 spiro atoms. The van der Waals surface area contributed by atoms with Crippen LogP contribution in [0.15, 0.2) is 48.6 Å². The highest BCUT2D eigenvalue weighted by Crippen LogP contribution is 2.43. The molecule has 0 bridgehead atoms. The average molecular weight is 771 g/mol. The summed E-state index contributed by atoms with van der Waals surface area (Å²) in [7, 11) is -4.63. The molecule has 3 N–H and O–H groups in total. The standard InChI is InChI=1S/C42H75O10P/c1-3-5-7-9-11-13-15-17-18-19-20-22-24-26-28-30-32-34-42(46)52-40(38-51-53(47,48)50-36-39(44)35-43)37-49-41(45)33-31-29-27-25-23-21-16-14-12-10-8-6-4-2/h11,13,17-18,20,22,26,28,39-40,43-44H,3-10,12,14-16,19,21,23-25,27,29-38H2,1-2H3,(H,47,48)/b13-11-,18-17-,22-20-,28-26-/t39?,40-/m1/s1. The molecule has 0 aliphatic rings. The molecular formula is C42H75O10P. The van der Waals surface area contributed by atoms with Crippen molar-refractivity contribution in [3.05, 3.63) is 48.6 Å². The van der Waals surface area contributed by atoms with E-state index in [0.29, 0.717) is 19.3 Å². The summed E-state index contributed by atoms with van der Waals surface area (Å²) in [4.78, 5) is 34.9. The number of carbonyl (C=O) groups excluding carboxylic acids is 2. The Hall–Kier alpha value is -2.07. The Morgan fingerprint density at radius 3 is 1.53 bits per heavy atom. The maximum atomic E-state index is 12.6. The molecule has 11 heteroatoms. The summed E-state index contributed by atoms with van der Waals surface area (Å²) >= 11 is 0. The lowest BCUT2D eigenvalue weighted by atomic mass is 10.0. The predicted octanol–water partition coefficient (Wildman–Crippen LogP) is 10.6. The first kappa shape index (κ1) is 50.9. The molecule has 0 aromatic rings. The molecule has 0 aromatic heterocycles. The van der Waals surface area contributed by atoms with Crippen LogP contribution in [0.3, 0.4) is 0 Å². The van der Waals surface area contributed by atoms with Crippen molar-refractivity contribution in [2.45, 2.75) is 180 Å². The third-order valence-corrected chi connectivity index (χ3v) is 9.44. The first-order valence-corrected chi connectivity index (χ1v) is 22.1. The van der Waals surface area contributed by atoms with Gasteiger partial charge in [0, 0.05) is 12.8 Å². The van der Waals surface area contributed by atoms with Crippen molar-refractivity contribution in [3.8, 4) is 0 Å². The number of hydrogen-bond acceptors (Lipinski definition) is 9. The Balaban J connectivity index is 4.43. The van der Waals surface area contributed by atoms with Crippen molar-refractivity contribution < 1.29 is 47.8 Å². The van der Waals surface area contributed by atoms with Gasteiger partial charge in [0.05, 0.1) is 19.8 Å². The molecule has 308 valence electrons. The number of hydrogen-bond donors (Lipinski definition) is 3. The van der Waals surface area contributed by atoms with Crippen molar-refractivity contribution in [1.82, 2.24) is 0 Å². The van der Waals surface area contributed by atoms with Crippen LogP contribution in [0.25, 0.3) is 0 Å². The zero-order valence-corrected chi connectivity index (χ0v) is 34.1. The number of rotatable bonds is 38. The average Bonchev–Trinajstić information content (AvgIpc) is 3.14. The fourth-order valence-corrected chi connectivity index (χ4v) is 6.07. The highest BCUT2D eigenvalue weighted by Gasteiger charge is 2.27. The lowest BCUT2D eigenvalue weighted by Gasteiger charge is -2.20. The summed E-state index contributed by atoms with van der Waals surface area (Å²) in [5.41, 5.74) is 0. The quantitative estimate of drug-likeness (QED) is 0.0240. The summed E-state index contributed by atoms with van der Waals surface area (Å²) < 4.78 is 32.6. The van der Waals surface area contributed by atoms with Gasteiger partial charge >= 0.3 is 19.8 Å². The van der Waals surface area contributed by atoms with E-state index in [1.807, 2.05) is 12.2 Å². The minimum atomic E-state index is -4.63. The van der Waals surface area contributed by atoms with Gasteiger partial charge in [0.15, 0.2) is 6.10 Å². The van der Waals surface area contributed by atoms with Gasteiger partial charge in [-0.05, 0) is 51.4 Å². The van der Waals surface area contributed by atoms with Crippen LogP contribution in [-0.4, -0.2) is 65.7 Å². The minimum absolute atomic E-state index is 0.109. The number of phosphoric ester groups is 1. The van der Waals surface area contributed by atoms with Gasteiger partial charge < -0.3 is 24.6 Å². The number of aliphatic hydroxyl groups is 2. The van der Waals surface area contributed by atoms with Crippen molar-refractivity contribution in [1.29, 1.82) is 0 Å². The van der Waals surface area contributed by atoms with E-state index in [9.17, 15) is 24.2 Å². The molecule has 0 fully saturated rings. The van der Waals surface area contributed by atoms with Gasteiger partial charge in [-0.2, -0.15) is 0 Å². The number of allylic oxidation sites excluding steroid dienone is 8. The van der Waals surface area contributed by atoms with E-state index in [0.717, 1.165) is 44.9 Å². The number of carbonyl (C=O) groups is 2. The molecule has 0 radical (unpaired) electrons. The van der Waals surface area contributed by atoms with Gasteiger partial charge in [0.25, 0.3) is 0 Å².